The van der Waals surface area contributed by atoms with E-state index in [1.54, 1.807) is 6.07 Å². The molecule has 3 rings (SSSR count). The minimum absolute atomic E-state index is 0.150. The standard InChI is InChI=1S/C17H16FN/c18-17-12-15(13-8-10-19-11-9-13)6-7-16(17)14-4-2-1-3-5-14/h1-8,12,19H,9-11H2. The van der Waals surface area contributed by atoms with E-state index in [9.17, 15) is 4.39 Å². The predicted molar refractivity (Wildman–Crippen MR) is 77.3 cm³/mol. The molecular formula is C17H16FN. The lowest BCUT2D eigenvalue weighted by atomic mass is 9.97. The molecule has 0 unspecified atom stereocenters. The fourth-order valence-corrected chi connectivity index (χ4v) is 2.45. The Morgan fingerprint density at radius 1 is 0.947 bits per heavy atom. The molecule has 0 saturated carbocycles. The first-order chi connectivity index (χ1) is 9.34. The Hall–Kier alpha value is -1.93. The fourth-order valence-electron chi connectivity index (χ4n) is 2.45. The Bertz CT molecular complexity index is 602. The molecule has 96 valence electrons. The van der Waals surface area contributed by atoms with Gasteiger partial charge in [0.1, 0.15) is 5.82 Å². The van der Waals surface area contributed by atoms with Crippen LogP contribution >= 0.6 is 0 Å². The molecular weight excluding hydrogens is 237 g/mol. The molecule has 1 aliphatic heterocycles. The van der Waals surface area contributed by atoms with Gasteiger partial charge < -0.3 is 5.32 Å². The monoisotopic (exact) mass is 253 g/mol. The second-order valence-corrected chi connectivity index (χ2v) is 4.74. The van der Waals surface area contributed by atoms with Crippen LogP contribution in [-0.4, -0.2) is 13.1 Å². The van der Waals surface area contributed by atoms with Crippen molar-refractivity contribution in [2.45, 2.75) is 6.42 Å². The van der Waals surface area contributed by atoms with Crippen LogP contribution < -0.4 is 5.32 Å². The lowest BCUT2D eigenvalue weighted by molar-refractivity contribution is 0.630. The summed E-state index contributed by atoms with van der Waals surface area (Å²) in [4.78, 5) is 0. The first-order valence-electron chi connectivity index (χ1n) is 6.60. The quantitative estimate of drug-likeness (QED) is 0.856. The van der Waals surface area contributed by atoms with Crippen LogP contribution in [0.3, 0.4) is 0 Å². The van der Waals surface area contributed by atoms with E-state index in [4.69, 9.17) is 0 Å². The van der Waals surface area contributed by atoms with Crippen LogP contribution in [0.2, 0.25) is 0 Å². The first-order valence-corrected chi connectivity index (χ1v) is 6.60. The number of rotatable bonds is 2. The molecule has 0 radical (unpaired) electrons. The van der Waals surface area contributed by atoms with Crippen LogP contribution in [0.15, 0.2) is 54.6 Å². The van der Waals surface area contributed by atoms with Crippen molar-refractivity contribution in [3.63, 3.8) is 0 Å². The Morgan fingerprint density at radius 3 is 2.47 bits per heavy atom. The number of hydrogen-bond donors (Lipinski definition) is 1. The lowest BCUT2D eigenvalue weighted by Crippen LogP contribution is -2.20. The molecule has 0 fully saturated rings. The molecule has 2 aromatic rings. The molecule has 0 atom stereocenters. The third kappa shape index (κ3) is 2.59. The summed E-state index contributed by atoms with van der Waals surface area (Å²) in [5, 5.41) is 3.27. The molecule has 19 heavy (non-hydrogen) atoms. The highest BCUT2D eigenvalue weighted by Gasteiger charge is 2.10. The number of hydrogen-bond acceptors (Lipinski definition) is 1. The van der Waals surface area contributed by atoms with Gasteiger partial charge in [0.15, 0.2) is 0 Å². The van der Waals surface area contributed by atoms with Gasteiger partial charge in [-0.3, -0.25) is 0 Å². The van der Waals surface area contributed by atoms with Gasteiger partial charge in [0.2, 0.25) is 0 Å². The average Bonchev–Trinajstić information content (AvgIpc) is 2.49. The third-order valence-electron chi connectivity index (χ3n) is 3.49. The van der Waals surface area contributed by atoms with E-state index in [0.717, 1.165) is 30.6 Å². The average molecular weight is 253 g/mol. The van der Waals surface area contributed by atoms with Crippen LogP contribution in [0.4, 0.5) is 4.39 Å². The van der Waals surface area contributed by atoms with Crippen LogP contribution in [0.25, 0.3) is 16.7 Å². The van der Waals surface area contributed by atoms with E-state index in [-0.39, 0.29) is 5.82 Å². The van der Waals surface area contributed by atoms with E-state index in [0.29, 0.717) is 5.56 Å². The fraction of sp³-hybridized carbons (Fsp3) is 0.176. The van der Waals surface area contributed by atoms with Gasteiger partial charge in [0.05, 0.1) is 0 Å². The van der Waals surface area contributed by atoms with Gasteiger partial charge in [-0.1, -0.05) is 48.5 Å². The van der Waals surface area contributed by atoms with E-state index in [2.05, 4.69) is 11.4 Å². The molecule has 1 nitrogen and oxygen atoms in total. The second-order valence-electron chi connectivity index (χ2n) is 4.74. The Kier molecular flexibility index (Phi) is 3.43. The maximum absolute atomic E-state index is 14.2. The normalized spacial score (nSPS) is 15.1. The van der Waals surface area contributed by atoms with Crippen molar-refractivity contribution in [3.05, 3.63) is 66.0 Å². The summed E-state index contributed by atoms with van der Waals surface area (Å²) in [7, 11) is 0. The van der Waals surface area contributed by atoms with E-state index in [1.165, 1.54) is 5.57 Å². The Morgan fingerprint density at radius 2 is 1.79 bits per heavy atom. The van der Waals surface area contributed by atoms with E-state index in [1.807, 2.05) is 42.5 Å². The summed E-state index contributed by atoms with van der Waals surface area (Å²) in [5.74, 6) is -0.150. The van der Waals surface area contributed by atoms with E-state index >= 15 is 0 Å². The van der Waals surface area contributed by atoms with Crippen molar-refractivity contribution < 1.29 is 4.39 Å². The molecule has 1 N–H and O–H groups in total. The minimum atomic E-state index is -0.150. The highest BCUT2D eigenvalue weighted by atomic mass is 19.1. The van der Waals surface area contributed by atoms with Crippen molar-refractivity contribution in [1.29, 1.82) is 0 Å². The van der Waals surface area contributed by atoms with Crippen LogP contribution in [0.1, 0.15) is 12.0 Å². The molecule has 2 heteroatoms. The topological polar surface area (TPSA) is 12.0 Å². The van der Waals surface area contributed by atoms with Crippen LogP contribution in [0, 0.1) is 5.82 Å². The summed E-state index contributed by atoms with van der Waals surface area (Å²) in [6.07, 6.45) is 3.10. The zero-order valence-corrected chi connectivity index (χ0v) is 10.7. The largest absolute Gasteiger partial charge is 0.313 e. The molecule has 2 aromatic carbocycles. The summed E-state index contributed by atoms with van der Waals surface area (Å²) in [6.45, 7) is 1.84. The minimum Gasteiger partial charge on any atom is -0.313 e. The maximum atomic E-state index is 14.2. The van der Waals surface area contributed by atoms with Gasteiger partial charge in [0, 0.05) is 12.1 Å². The highest BCUT2D eigenvalue weighted by Crippen LogP contribution is 2.27. The second kappa shape index (κ2) is 5.37. The molecule has 1 aliphatic rings. The van der Waals surface area contributed by atoms with Crippen molar-refractivity contribution in [2.24, 2.45) is 0 Å². The van der Waals surface area contributed by atoms with Crippen molar-refractivity contribution in [2.75, 3.05) is 13.1 Å². The van der Waals surface area contributed by atoms with Crippen molar-refractivity contribution in [1.82, 2.24) is 5.32 Å². The number of halogens is 1. The molecule has 0 amide bonds. The number of benzene rings is 2. The third-order valence-corrected chi connectivity index (χ3v) is 3.49. The number of nitrogens with one attached hydrogen (secondary N) is 1. The highest BCUT2D eigenvalue weighted by molar-refractivity contribution is 5.71. The molecule has 0 bridgehead atoms. The Balaban J connectivity index is 1.96. The summed E-state index contributed by atoms with van der Waals surface area (Å²) < 4.78 is 14.2. The van der Waals surface area contributed by atoms with Crippen LogP contribution in [0.5, 0.6) is 0 Å². The first kappa shape index (κ1) is 12.1. The summed E-state index contributed by atoms with van der Waals surface area (Å²) >= 11 is 0. The van der Waals surface area contributed by atoms with Crippen molar-refractivity contribution in [3.8, 4) is 11.1 Å². The Labute approximate surface area is 112 Å². The lowest BCUT2D eigenvalue weighted by Gasteiger charge is -2.15. The predicted octanol–water partition coefficient (Wildman–Crippen LogP) is 3.87. The summed E-state index contributed by atoms with van der Waals surface area (Å²) in [5.41, 5.74) is 3.82. The smallest absolute Gasteiger partial charge is 0.131 e. The van der Waals surface area contributed by atoms with E-state index < -0.39 is 0 Å². The van der Waals surface area contributed by atoms with Gasteiger partial charge in [-0.05, 0) is 35.7 Å². The van der Waals surface area contributed by atoms with Gasteiger partial charge in [0.25, 0.3) is 0 Å². The van der Waals surface area contributed by atoms with Crippen molar-refractivity contribution >= 4 is 5.57 Å². The molecule has 0 saturated heterocycles. The summed E-state index contributed by atoms with van der Waals surface area (Å²) in [6, 6.07) is 15.2. The maximum Gasteiger partial charge on any atom is 0.131 e. The van der Waals surface area contributed by atoms with Crippen LogP contribution in [-0.2, 0) is 0 Å². The van der Waals surface area contributed by atoms with Gasteiger partial charge in [-0.15, -0.1) is 0 Å². The molecule has 1 heterocycles. The zero-order valence-electron chi connectivity index (χ0n) is 10.7. The molecule has 0 spiro atoms. The molecule has 0 aromatic heterocycles. The van der Waals surface area contributed by atoms with Gasteiger partial charge in [-0.2, -0.15) is 0 Å². The van der Waals surface area contributed by atoms with Gasteiger partial charge in [-0.25, -0.2) is 4.39 Å². The van der Waals surface area contributed by atoms with Gasteiger partial charge >= 0.3 is 0 Å². The molecule has 0 aliphatic carbocycles. The zero-order chi connectivity index (χ0) is 13.1. The SMILES string of the molecule is Fc1cc(C2=CCNCC2)ccc1-c1ccccc1.